The molecule has 0 heterocycles. The van der Waals surface area contributed by atoms with Crippen LogP contribution in [-0.2, 0) is 11.8 Å². The molecular formula is C6H3Cl4OPS. The highest BCUT2D eigenvalue weighted by atomic mass is 35.9. The van der Waals surface area contributed by atoms with Crippen molar-refractivity contribution in [2.75, 3.05) is 0 Å². The van der Waals surface area contributed by atoms with Crippen molar-refractivity contribution in [3.63, 3.8) is 0 Å². The minimum Gasteiger partial charge on any atom is -0.441 e. The van der Waals surface area contributed by atoms with Gasteiger partial charge in [-0.1, -0.05) is 23.2 Å². The van der Waals surface area contributed by atoms with Crippen molar-refractivity contribution in [1.29, 1.82) is 0 Å². The molecule has 0 aliphatic rings. The molecule has 13 heavy (non-hydrogen) atoms. The molecule has 0 radical (unpaired) electrons. The molecule has 1 nitrogen and oxygen atoms in total. The van der Waals surface area contributed by atoms with Crippen LogP contribution in [0.4, 0.5) is 0 Å². The van der Waals surface area contributed by atoms with Gasteiger partial charge in [0.2, 0.25) is 0 Å². The maximum Gasteiger partial charge on any atom is 0.289 e. The first-order valence-corrected chi connectivity index (χ1v) is 8.31. The Hall–Kier alpha value is 0.830. The maximum absolute atomic E-state index is 5.72. The molecule has 0 saturated heterocycles. The quantitative estimate of drug-likeness (QED) is 0.704. The predicted molar refractivity (Wildman–Crippen MR) is 63.1 cm³/mol. The van der Waals surface area contributed by atoms with Gasteiger partial charge in [-0.3, -0.25) is 0 Å². The number of halogens is 4. The van der Waals surface area contributed by atoms with Gasteiger partial charge in [0.05, 0.1) is 10.0 Å². The van der Waals surface area contributed by atoms with E-state index in [1.807, 2.05) is 0 Å². The summed E-state index contributed by atoms with van der Waals surface area (Å²) in [5, 5.41) is 0.808. The highest BCUT2D eigenvalue weighted by molar-refractivity contribution is 8.36. The van der Waals surface area contributed by atoms with E-state index in [1.165, 1.54) is 6.07 Å². The first-order chi connectivity index (χ1) is 5.88. The van der Waals surface area contributed by atoms with Crippen LogP contribution in [0.3, 0.4) is 0 Å². The molecule has 0 fully saturated rings. The zero-order valence-corrected chi connectivity index (χ0v) is 10.7. The standard InChI is InChI=1S/C6H3Cl4OPS/c7-5-2-1-4(3-6(5)8)11-12(9,10)13/h1-3H. The SMILES string of the molecule is S=P(Cl)(Cl)Oc1ccc(Cl)c(Cl)c1. The van der Waals surface area contributed by atoms with Crippen molar-refractivity contribution < 1.29 is 4.52 Å². The molecule has 1 aromatic carbocycles. The Morgan fingerprint density at radius 2 is 1.77 bits per heavy atom. The summed E-state index contributed by atoms with van der Waals surface area (Å²) >= 11 is 27.2. The van der Waals surface area contributed by atoms with Crippen molar-refractivity contribution >= 4 is 62.5 Å². The minimum absolute atomic E-state index is 0.371. The van der Waals surface area contributed by atoms with Gasteiger partial charge >= 0.3 is 0 Å². The summed E-state index contributed by atoms with van der Waals surface area (Å²) in [6, 6.07) is 4.69. The van der Waals surface area contributed by atoms with Crippen molar-refractivity contribution in [2.45, 2.75) is 0 Å². The highest BCUT2D eigenvalue weighted by Gasteiger charge is 2.11. The van der Waals surface area contributed by atoms with Crippen LogP contribution >= 0.6 is 50.7 Å². The molecule has 0 bridgehead atoms. The van der Waals surface area contributed by atoms with Crippen molar-refractivity contribution in [2.24, 2.45) is 0 Å². The van der Waals surface area contributed by atoms with E-state index in [4.69, 9.17) is 50.2 Å². The maximum atomic E-state index is 5.72. The molecule has 0 N–H and O–H groups in total. The second-order valence-corrected chi connectivity index (χ2v) is 10.0. The van der Waals surface area contributed by atoms with Crippen molar-refractivity contribution in [3.8, 4) is 5.75 Å². The lowest BCUT2D eigenvalue weighted by atomic mass is 10.3. The lowest BCUT2D eigenvalue weighted by molar-refractivity contribution is 0.636. The monoisotopic (exact) mass is 294 g/mol. The van der Waals surface area contributed by atoms with Crippen molar-refractivity contribution in [1.82, 2.24) is 0 Å². The van der Waals surface area contributed by atoms with Gasteiger partial charge in [0.15, 0.2) is 0 Å². The molecule has 0 amide bonds. The van der Waals surface area contributed by atoms with Gasteiger partial charge < -0.3 is 4.52 Å². The second-order valence-electron chi connectivity index (χ2n) is 2.08. The first kappa shape index (κ1) is 11.9. The van der Waals surface area contributed by atoms with Gasteiger partial charge in [-0.15, -0.1) is 0 Å². The molecule has 72 valence electrons. The summed E-state index contributed by atoms with van der Waals surface area (Å²) in [6.07, 6.45) is 0. The Balaban J connectivity index is 2.92. The Morgan fingerprint density at radius 1 is 1.15 bits per heavy atom. The van der Waals surface area contributed by atoms with Gasteiger partial charge in [-0.2, -0.15) is 0 Å². The smallest absolute Gasteiger partial charge is 0.289 e. The van der Waals surface area contributed by atoms with E-state index in [0.29, 0.717) is 15.8 Å². The molecule has 1 rings (SSSR count). The normalized spacial score (nSPS) is 11.4. The summed E-state index contributed by atoms with van der Waals surface area (Å²) in [5.74, 6) is 0.419. The average molecular weight is 296 g/mol. The zero-order chi connectivity index (χ0) is 10.1. The van der Waals surface area contributed by atoms with E-state index < -0.39 is 4.97 Å². The van der Waals surface area contributed by atoms with E-state index >= 15 is 0 Å². The molecule has 0 spiro atoms. The van der Waals surface area contributed by atoms with Crippen LogP contribution in [0.1, 0.15) is 0 Å². The Morgan fingerprint density at radius 3 is 2.23 bits per heavy atom. The Labute approximate surface area is 101 Å². The van der Waals surface area contributed by atoms with Crippen LogP contribution in [-0.4, -0.2) is 0 Å². The fourth-order valence-corrected chi connectivity index (χ4v) is 2.04. The van der Waals surface area contributed by atoms with Gasteiger partial charge in [0.25, 0.3) is 4.97 Å². The van der Waals surface area contributed by atoms with Crippen LogP contribution in [0.2, 0.25) is 10.0 Å². The number of hydrogen-bond donors (Lipinski definition) is 0. The number of rotatable bonds is 2. The number of hydrogen-bond acceptors (Lipinski definition) is 2. The molecular weight excluding hydrogens is 293 g/mol. The van der Waals surface area contributed by atoms with E-state index in [9.17, 15) is 0 Å². The molecule has 0 unspecified atom stereocenters. The van der Waals surface area contributed by atoms with Crippen LogP contribution in [0.5, 0.6) is 5.75 Å². The zero-order valence-electron chi connectivity index (χ0n) is 6.01. The summed E-state index contributed by atoms with van der Waals surface area (Å²) in [5.41, 5.74) is 0. The van der Waals surface area contributed by atoms with Gasteiger partial charge in [0, 0.05) is 6.07 Å². The fraction of sp³-hybridized carbons (Fsp3) is 0. The fourth-order valence-electron chi connectivity index (χ4n) is 0.656. The van der Waals surface area contributed by atoms with Gasteiger partial charge in [-0.25, -0.2) is 0 Å². The molecule has 0 aromatic heterocycles. The lowest BCUT2D eigenvalue weighted by Gasteiger charge is -2.08. The molecule has 0 aliphatic heterocycles. The number of benzene rings is 1. The average Bonchev–Trinajstić information content (AvgIpc) is 1.94. The van der Waals surface area contributed by atoms with Gasteiger partial charge in [0.1, 0.15) is 5.75 Å². The Kier molecular flexibility index (Phi) is 4.18. The van der Waals surface area contributed by atoms with Gasteiger partial charge in [-0.05, 0) is 46.4 Å². The third-order valence-electron chi connectivity index (χ3n) is 1.10. The molecule has 0 aliphatic carbocycles. The summed E-state index contributed by atoms with van der Waals surface area (Å²) in [6.45, 7) is 0. The van der Waals surface area contributed by atoms with E-state index in [0.717, 1.165) is 0 Å². The van der Waals surface area contributed by atoms with E-state index in [2.05, 4.69) is 11.8 Å². The molecule has 0 saturated carbocycles. The van der Waals surface area contributed by atoms with E-state index in [-0.39, 0.29) is 0 Å². The van der Waals surface area contributed by atoms with Crippen LogP contribution in [0.25, 0.3) is 0 Å². The second kappa shape index (κ2) is 4.57. The minimum atomic E-state index is -2.75. The lowest BCUT2D eigenvalue weighted by Crippen LogP contribution is -1.81. The Bertz CT molecular complexity index is 364. The summed E-state index contributed by atoms with van der Waals surface area (Å²) in [4.78, 5) is -2.75. The summed E-state index contributed by atoms with van der Waals surface area (Å²) in [7, 11) is 0. The third-order valence-corrected chi connectivity index (χ3v) is 2.90. The third kappa shape index (κ3) is 4.24. The molecule has 0 atom stereocenters. The van der Waals surface area contributed by atoms with Crippen LogP contribution in [0.15, 0.2) is 18.2 Å². The van der Waals surface area contributed by atoms with Crippen molar-refractivity contribution in [3.05, 3.63) is 28.2 Å². The highest BCUT2D eigenvalue weighted by Crippen LogP contribution is 2.57. The molecule has 7 heteroatoms. The summed E-state index contributed by atoms with van der Waals surface area (Å²) < 4.78 is 5.05. The largest absolute Gasteiger partial charge is 0.441 e. The topological polar surface area (TPSA) is 9.23 Å². The van der Waals surface area contributed by atoms with E-state index in [1.54, 1.807) is 12.1 Å². The van der Waals surface area contributed by atoms with Crippen LogP contribution < -0.4 is 4.52 Å². The van der Waals surface area contributed by atoms with Crippen LogP contribution in [0, 0.1) is 0 Å². The molecule has 1 aromatic rings. The first-order valence-electron chi connectivity index (χ1n) is 3.02. The predicted octanol–water partition coefficient (Wildman–Crippen LogP) is 5.07.